The Balaban J connectivity index is 1.56. The first-order chi connectivity index (χ1) is 17.6. The van der Waals surface area contributed by atoms with E-state index < -0.39 is 4.92 Å². The largest absolute Gasteiger partial charge is 0.493 e. The molecule has 10 heteroatoms. The number of nitrogens with one attached hydrogen (secondary N) is 1. The van der Waals surface area contributed by atoms with Crippen molar-refractivity contribution in [2.45, 2.75) is 6.54 Å². The Kier molecular flexibility index (Phi) is 7.87. The molecule has 0 aliphatic heterocycles. The third-order valence-corrected chi connectivity index (χ3v) is 5.46. The number of rotatable bonds is 11. The normalized spacial score (nSPS) is 10.5. The molecule has 0 unspecified atom stereocenters. The SMILES string of the molecule is COc1ccc(CN(CCNc2ccc([N+](=O)[O-])cn2)c2nccc(-c3ccccc3)n2)cc1OC. The van der Waals surface area contributed by atoms with E-state index in [2.05, 4.69) is 15.3 Å². The first-order valence-electron chi connectivity index (χ1n) is 11.3. The highest BCUT2D eigenvalue weighted by atomic mass is 16.6. The van der Waals surface area contributed by atoms with Crippen molar-refractivity contribution in [3.05, 3.63) is 94.8 Å². The Bertz CT molecular complexity index is 1300. The zero-order valence-electron chi connectivity index (χ0n) is 20.0. The minimum atomic E-state index is -0.474. The van der Waals surface area contributed by atoms with Gasteiger partial charge in [-0.2, -0.15) is 0 Å². The Morgan fingerprint density at radius 2 is 1.78 bits per heavy atom. The molecule has 0 amide bonds. The van der Waals surface area contributed by atoms with Crippen molar-refractivity contribution < 1.29 is 14.4 Å². The number of methoxy groups -OCH3 is 2. The molecule has 10 nitrogen and oxygen atoms in total. The number of nitro groups is 1. The molecule has 2 aromatic heterocycles. The summed E-state index contributed by atoms with van der Waals surface area (Å²) in [4.78, 5) is 25.9. The predicted octanol–water partition coefficient (Wildman–Crippen LogP) is 4.58. The molecule has 36 heavy (non-hydrogen) atoms. The molecule has 0 radical (unpaired) electrons. The van der Waals surface area contributed by atoms with Gasteiger partial charge in [0.05, 0.1) is 24.8 Å². The summed E-state index contributed by atoms with van der Waals surface area (Å²) >= 11 is 0. The molecule has 0 atom stereocenters. The zero-order chi connectivity index (χ0) is 25.3. The molecule has 1 N–H and O–H groups in total. The van der Waals surface area contributed by atoms with Crippen molar-refractivity contribution in [2.24, 2.45) is 0 Å². The molecule has 2 aromatic carbocycles. The lowest BCUT2D eigenvalue weighted by molar-refractivity contribution is -0.385. The lowest BCUT2D eigenvalue weighted by Gasteiger charge is -2.24. The average molecular weight is 487 g/mol. The van der Waals surface area contributed by atoms with Gasteiger partial charge in [0.2, 0.25) is 5.95 Å². The Morgan fingerprint density at radius 1 is 0.972 bits per heavy atom. The van der Waals surface area contributed by atoms with Crippen LogP contribution in [-0.2, 0) is 6.54 Å². The highest BCUT2D eigenvalue weighted by Gasteiger charge is 2.14. The number of pyridine rings is 1. The maximum atomic E-state index is 10.9. The lowest BCUT2D eigenvalue weighted by atomic mass is 10.1. The van der Waals surface area contributed by atoms with Gasteiger partial charge >= 0.3 is 0 Å². The lowest BCUT2D eigenvalue weighted by Crippen LogP contribution is -2.30. The minimum Gasteiger partial charge on any atom is -0.493 e. The maximum Gasteiger partial charge on any atom is 0.287 e. The highest BCUT2D eigenvalue weighted by molar-refractivity contribution is 5.60. The summed E-state index contributed by atoms with van der Waals surface area (Å²) in [6.45, 7) is 1.58. The van der Waals surface area contributed by atoms with Crippen LogP contribution >= 0.6 is 0 Å². The van der Waals surface area contributed by atoms with Crippen LogP contribution < -0.4 is 19.7 Å². The van der Waals surface area contributed by atoms with E-state index in [9.17, 15) is 10.1 Å². The molecule has 184 valence electrons. The van der Waals surface area contributed by atoms with Crippen molar-refractivity contribution in [1.82, 2.24) is 15.0 Å². The van der Waals surface area contributed by atoms with Gasteiger partial charge in [-0.05, 0) is 29.8 Å². The van der Waals surface area contributed by atoms with Gasteiger partial charge in [-0.1, -0.05) is 36.4 Å². The van der Waals surface area contributed by atoms with Gasteiger partial charge in [-0.3, -0.25) is 10.1 Å². The summed E-state index contributed by atoms with van der Waals surface area (Å²) < 4.78 is 10.8. The highest BCUT2D eigenvalue weighted by Crippen LogP contribution is 2.29. The van der Waals surface area contributed by atoms with Crippen molar-refractivity contribution in [2.75, 3.05) is 37.5 Å². The van der Waals surface area contributed by atoms with Crippen LogP contribution in [0.5, 0.6) is 11.5 Å². The van der Waals surface area contributed by atoms with E-state index in [0.29, 0.717) is 42.9 Å². The van der Waals surface area contributed by atoms with E-state index in [0.717, 1.165) is 16.8 Å². The van der Waals surface area contributed by atoms with E-state index >= 15 is 0 Å². The average Bonchev–Trinajstić information content (AvgIpc) is 2.93. The summed E-state index contributed by atoms with van der Waals surface area (Å²) in [5.74, 6) is 2.42. The molecule has 0 bridgehead atoms. The number of hydrogen-bond acceptors (Lipinski definition) is 9. The van der Waals surface area contributed by atoms with E-state index in [1.165, 1.54) is 12.3 Å². The van der Waals surface area contributed by atoms with Gasteiger partial charge < -0.3 is 19.7 Å². The standard InChI is InChI=1S/C26H26N6O4/c1-35-23-10-8-19(16-24(23)36-2)18-31(15-14-27-25-11-9-21(17-29-25)32(33)34)26-28-13-12-22(30-26)20-6-4-3-5-7-20/h3-13,16-17H,14-15,18H2,1-2H3,(H,27,29). The Hall–Kier alpha value is -4.73. The summed E-state index contributed by atoms with van der Waals surface area (Å²) in [7, 11) is 3.21. The van der Waals surface area contributed by atoms with Gasteiger partial charge in [0.25, 0.3) is 5.69 Å². The second-order valence-corrected chi connectivity index (χ2v) is 7.80. The summed E-state index contributed by atoms with van der Waals surface area (Å²) in [6.07, 6.45) is 2.98. The topological polar surface area (TPSA) is 116 Å². The molecule has 0 aliphatic rings. The van der Waals surface area contributed by atoms with Gasteiger partial charge in [-0.25, -0.2) is 15.0 Å². The smallest absolute Gasteiger partial charge is 0.287 e. The molecule has 0 fully saturated rings. The molecular formula is C26H26N6O4. The van der Waals surface area contributed by atoms with Crippen LogP contribution in [0.15, 0.2) is 79.1 Å². The van der Waals surface area contributed by atoms with Gasteiger partial charge in [0.1, 0.15) is 12.0 Å². The quantitative estimate of drug-likeness (QED) is 0.240. The number of nitrogens with zero attached hydrogens (tertiary/aromatic N) is 5. The fourth-order valence-electron chi connectivity index (χ4n) is 3.64. The molecule has 4 rings (SSSR count). The number of hydrogen-bond donors (Lipinski definition) is 1. The first-order valence-corrected chi connectivity index (χ1v) is 11.3. The van der Waals surface area contributed by atoms with Crippen LogP contribution in [0.2, 0.25) is 0 Å². The Morgan fingerprint density at radius 3 is 2.47 bits per heavy atom. The monoisotopic (exact) mass is 486 g/mol. The van der Waals surface area contributed by atoms with Gasteiger partial charge in [-0.15, -0.1) is 0 Å². The van der Waals surface area contributed by atoms with Crippen LogP contribution in [-0.4, -0.2) is 47.2 Å². The molecule has 0 aliphatic carbocycles. The van der Waals surface area contributed by atoms with Gasteiger partial charge in [0.15, 0.2) is 11.5 Å². The van der Waals surface area contributed by atoms with E-state index in [-0.39, 0.29) is 5.69 Å². The number of ether oxygens (including phenoxy) is 2. The fraction of sp³-hybridized carbons (Fsp3) is 0.192. The van der Waals surface area contributed by atoms with Crippen molar-refractivity contribution in [3.8, 4) is 22.8 Å². The predicted molar refractivity (Wildman–Crippen MR) is 137 cm³/mol. The van der Waals surface area contributed by atoms with Crippen molar-refractivity contribution >= 4 is 17.5 Å². The number of benzene rings is 2. The molecular weight excluding hydrogens is 460 g/mol. The second kappa shape index (κ2) is 11.6. The van der Waals surface area contributed by atoms with Crippen LogP contribution in [0.25, 0.3) is 11.3 Å². The summed E-state index contributed by atoms with van der Waals surface area (Å²) in [5, 5.41) is 14.1. The fourth-order valence-corrected chi connectivity index (χ4v) is 3.64. The maximum absolute atomic E-state index is 10.9. The van der Waals surface area contributed by atoms with E-state index in [1.807, 2.05) is 59.5 Å². The third-order valence-electron chi connectivity index (χ3n) is 5.46. The number of anilines is 2. The van der Waals surface area contributed by atoms with Gasteiger partial charge in [0, 0.05) is 37.5 Å². The minimum absolute atomic E-state index is 0.0539. The molecule has 0 spiro atoms. The Labute approximate surface area is 208 Å². The summed E-state index contributed by atoms with van der Waals surface area (Å²) in [5.41, 5.74) is 2.76. The van der Waals surface area contributed by atoms with Crippen molar-refractivity contribution in [1.29, 1.82) is 0 Å². The molecule has 4 aromatic rings. The summed E-state index contributed by atoms with van der Waals surface area (Å²) in [6, 6.07) is 20.6. The second-order valence-electron chi connectivity index (χ2n) is 7.80. The van der Waals surface area contributed by atoms with Crippen molar-refractivity contribution in [3.63, 3.8) is 0 Å². The van der Waals surface area contributed by atoms with Crippen LogP contribution in [0.1, 0.15) is 5.56 Å². The van der Waals surface area contributed by atoms with E-state index in [4.69, 9.17) is 14.5 Å². The van der Waals surface area contributed by atoms with Crippen LogP contribution in [0, 0.1) is 10.1 Å². The van der Waals surface area contributed by atoms with Crippen LogP contribution in [0.3, 0.4) is 0 Å². The molecule has 0 saturated heterocycles. The molecule has 2 heterocycles. The van der Waals surface area contributed by atoms with E-state index in [1.54, 1.807) is 26.5 Å². The first kappa shape index (κ1) is 24.4. The third kappa shape index (κ3) is 6.03. The van der Waals surface area contributed by atoms with Crippen LogP contribution in [0.4, 0.5) is 17.5 Å². The molecule has 0 saturated carbocycles. The number of aromatic nitrogens is 3. The zero-order valence-corrected chi connectivity index (χ0v) is 20.0.